The second-order valence-electron chi connectivity index (χ2n) is 7.31. The van der Waals surface area contributed by atoms with E-state index in [0.29, 0.717) is 17.2 Å². The molecule has 1 fully saturated rings. The van der Waals surface area contributed by atoms with Gasteiger partial charge in [-0.05, 0) is 45.1 Å². The van der Waals surface area contributed by atoms with Crippen molar-refractivity contribution in [3.8, 4) is 0 Å². The van der Waals surface area contributed by atoms with Gasteiger partial charge in [0, 0.05) is 11.7 Å². The summed E-state index contributed by atoms with van der Waals surface area (Å²) in [6.45, 7) is 6.58. The molecule has 0 radical (unpaired) electrons. The van der Waals surface area contributed by atoms with Crippen molar-refractivity contribution >= 4 is 23.9 Å². The number of aromatic amines is 1. The van der Waals surface area contributed by atoms with E-state index in [1.54, 1.807) is 20.8 Å². The predicted octanol–water partition coefficient (Wildman–Crippen LogP) is 2.37. The maximum Gasteiger partial charge on any atom is 0.355 e. The summed E-state index contributed by atoms with van der Waals surface area (Å²) in [7, 11) is 0. The van der Waals surface area contributed by atoms with Gasteiger partial charge in [0.15, 0.2) is 6.61 Å². The Bertz CT molecular complexity index is 785. The number of aryl methyl sites for hydroxylation is 1. The topological polar surface area (TPSA) is 127 Å². The van der Waals surface area contributed by atoms with Crippen LogP contribution in [0.5, 0.6) is 0 Å². The van der Waals surface area contributed by atoms with E-state index in [1.807, 2.05) is 0 Å². The lowest BCUT2D eigenvalue weighted by atomic mass is 9.86. The molecule has 2 atom stereocenters. The highest BCUT2D eigenvalue weighted by molar-refractivity contribution is 6.00. The Hall–Kier alpha value is -2.84. The summed E-state index contributed by atoms with van der Waals surface area (Å²) in [5, 5.41) is 4.96. The van der Waals surface area contributed by atoms with E-state index in [-0.39, 0.29) is 23.9 Å². The van der Waals surface area contributed by atoms with Crippen LogP contribution >= 0.6 is 0 Å². The van der Waals surface area contributed by atoms with Crippen LogP contribution in [0.1, 0.15) is 71.6 Å². The first kappa shape index (κ1) is 22.4. The molecule has 9 heteroatoms. The monoisotopic (exact) mass is 407 g/mol. The van der Waals surface area contributed by atoms with E-state index >= 15 is 0 Å². The number of aromatic nitrogens is 1. The summed E-state index contributed by atoms with van der Waals surface area (Å²) < 4.78 is 9.95. The first-order valence-corrected chi connectivity index (χ1v) is 9.88. The average molecular weight is 407 g/mol. The highest BCUT2D eigenvalue weighted by Gasteiger charge is 2.25. The minimum Gasteiger partial charge on any atom is -0.462 e. The number of urea groups is 1. The van der Waals surface area contributed by atoms with Crippen molar-refractivity contribution in [2.24, 2.45) is 5.92 Å². The minimum absolute atomic E-state index is 0.0324. The van der Waals surface area contributed by atoms with Crippen molar-refractivity contribution in [2.75, 3.05) is 13.2 Å². The number of H-pyrrole nitrogens is 1. The summed E-state index contributed by atoms with van der Waals surface area (Å²) in [4.78, 5) is 51.0. The van der Waals surface area contributed by atoms with Gasteiger partial charge >= 0.3 is 18.0 Å². The molecule has 1 aliphatic carbocycles. The van der Waals surface area contributed by atoms with Gasteiger partial charge in [-0.3, -0.25) is 10.1 Å². The van der Waals surface area contributed by atoms with Gasteiger partial charge in [0.05, 0.1) is 12.2 Å². The highest BCUT2D eigenvalue weighted by atomic mass is 16.5. The van der Waals surface area contributed by atoms with Crippen molar-refractivity contribution in [1.29, 1.82) is 0 Å². The van der Waals surface area contributed by atoms with Crippen LogP contribution in [0.4, 0.5) is 4.79 Å². The Morgan fingerprint density at radius 3 is 2.41 bits per heavy atom. The molecule has 3 N–H and O–H groups in total. The van der Waals surface area contributed by atoms with Gasteiger partial charge < -0.3 is 19.8 Å². The fourth-order valence-electron chi connectivity index (χ4n) is 3.56. The van der Waals surface area contributed by atoms with Crippen LogP contribution in [0.2, 0.25) is 0 Å². The van der Waals surface area contributed by atoms with Crippen LogP contribution in [0.15, 0.2) is 0 Å². The zero-order valence-electron chi connectivity index (χ0n) is 17.3. The van der Waals surface area contributed by atoms with Gasteiger partial charge in [0.1, 0.15) is 5.69 Å². The number of nitrogens with one attached hydrogen (secondary N) is 3. The SMILES string of the molecule is CCOC(=O)c1c(C)[nH]c(C(=O)OCC(=O)NC(=O)N[C@H]2CCCC[C@H]2C)c1C. The average Bonchev–Trinajstić information content (AvgIpc) is 2.96. The molecule has 29 heavy (non-hydrogen) atoms. The zero-order chi connectivity index (χ0) is 21.6. The number of carbonyl (C=O) groups is 4. The van der Waals surface area contributed by atoms with Crippen LogP contribution in [-0.2, 0) is 14.3 Å². The third-order valence-corrected chi connectivity index (χ3v) is 5.14. The van der Waals surface area contributed by atoms with Crippen molar-refractivity contribution < 1.29 is 28.7 Å². The Morgan fingerprint density at radius 1 is 1.07 bits per heavy atom. The van der Waals surface area contributed by atoms with E-state index in [9.17, 15) is 19.2 Å². The molecule has 9 nitrogen and oxygen atoms in total. The molecule has 2 rings (SSSR count). The Morgan fingerprint density at radius 2 is 1.76 bits per heavy atom. The highest BCUT2D eigenvalue weighted by Crippen LogP contribution is 2.23. The van der Waals surface area contributed by atoms with Gasteiger partial charge in [-0.1, -0.05) is 19.8 Å². The lowest BCUT2D eigenvalue weighted by Crippen LogP contribution is -2.48. The largest absolute Gasteiger partial charge is 0.462 e. The van der Waals surface area contributed by atoms with E-state index in [4.69, 9.17) is 9.47 Å². The molecule has 0 unspecified atom stereocenters. The molecule has 0 spiro atoms. The van der Waals surface area contributed by atoms with Crippen LogP contribution in [0.3, 0.4) is 0 Å². The van der Waals surface area contributed by atoms with Crippen molar-refractivity contribution in [3.05, 3.63) is 22.5 Å². The number of hydrogen-bond acceptors (Lipinski definition) is 6. The molecule has 0 aliphatic heterocycles. The number of esters is 2. The van der Waals surface area contributed by atoms with Gasteiger partial charge in [0.2, 0.25) is 0 Å². The van der Waals surface area contributed by atoms with Crippen molar-refractivity contribution in [2.45, 2.75) is 59.4 Å². The first-order valence-electron chi connectivity index (χ1n) is 9.88. The predicted molar refractivity (Wildman–Crippen MR) is 105 cm³/mol. The zero-order valence-corrected chi connectivity index (χ0v) is 17.3. The molecule has 160 valence electrons. The van der Waals surface area contributed by atoms with Crippen LogP contribution < -0.4 is 10.6 Å². The maximum absolute atomic E-state index is 12.3. The van der Waals surface area contributed by atoms with E-state index in [2.05, 4.69) is 22.5 Å². The Kier molecular flexibility index (Phi) is 7.81. The molecule has 1 heterocycles. The van der Waals surface area contributed by atoms with E-state index < -0.39 is 30.5 Å². The Labute approximate surface area is 169 Å². The summed E-state index contributed by atoms with van der Waals surface area (Å²) >= 11 is 0. The standard InChI is InChI=1S/C20H29N3O6/c1-5-28-18(25)16-12(3)17(21-13(16)4)19(26)29-10-15(24)23-20(27)22-14-9-7-6-8-11(14)2/h11,14,21H,5-10H2,1-4H3,(H2,22,23,24,27)/t11-,14+/m1/s1. The van der Waals surface area contributed by atoms with E-state index in [1.165, 1.54) is 0 Å². The summed E-state index contributed by atoms with van der Waals surface area (Å²) in [5.41, 5.74) is 1.19. The van der Waals surface area contributed by atoms with Crippen molar-refractivity contribution in [1.82, 2.24) is 15.6 Å². The molecule has 1 saturated carbocycles. The van der Waals surface area contributed by atoms with Crippen molar-refractivity contribution in [3.63, 3.8) is 0 Å². The number of ether oxygens (including phenoxy) is 2. The number of amides is 3. The van der Waals surface area contributed by atoms with Crippen LogP contribution in [-0.4, -0.2) is 48.1 Å². The first-order chi connectivity index (χ1) is 13.7. The van der Waals surface area contributed by atoms with Gasteiger partial charge in [-0.2, -0.15) is 0 Å². The smallest absolute Gasteiger partial charge is 0.355 e. The Balaban J connectivity index is 1.87. The fourth-order valence-corrected chi connectivity index (χ4v) is 3.56. The second kappa shape index (κ2) is 10.1. The molecule has 0 aromatic carbocycles. The second-order valence-corrected chi connectivity index (χ2v) is 7.31. The minimum atomic E-state index is -0.794. The quantitative estimate of drug-likeness (QED) is 0.622. The lowest BCUT2D eigenvalue weighted by Gasteiger charge is -2.29. The van der Waals surface area contributed by atoms with Gasteiger partial charge in [-0.25, -0.2) is 14.4 Å². The molecule has 1 aliphatic rings. The van der Waals surface area contributed by atoms with E-state index in [0.717, 1.165) is 25.7 Å². The third kappa shape index (κ3) is 5.82. The normalized spacial score (nSPS) is 18.6. The summed E-state index contributed by atoms with van der Waals surface area (Å²) in [6.07, 6.45) is 4.11. The number of rotatable bonds is 6. The summed E-state index contributed by atoms with van der Waals surface area (Å²) in [5.74, 6) is -1.71. The molecule has 0 saturated heterocycles. The number of imide groups is 1. The van der Waals surface area contributed by atoms with Crippen LogP contribution in [0, 0.1) is 19.8 Å². The van der Waals surface area contributed by atoms with Gasteiger partial charge in [0.25, 0.3) is 5.91 Å². The van der Waals surface area contributed by atoms with Crippen LogP contribution in [0.25, 0.3) is 0 Å². The lowest BCUT2D eigenvalue weighted by molar-refractivity contribution is -0.123. The van der Waals surface area contributed by atoms with Gasteiger partial charge in [-0.15, -0.1) is 0 Å². The maximum atomic E-state index is 12.3. The molecule has 1 aromatic rings. The molecular formula is C20H29N3O6. The molecule has 0 bridgehead atoms. The molecule has 3 amide bonds. The fraction of sp³-hybridized carbons (Fsp3) is 0.600. The summed E-state index contributed by atoms with van der Waals surface area (Å²) in [6, 6.07) is -0.564. The molecular weight excluding hydrogens is 378 g/mol. The third-order valence-electron chi connectivity index (χ3n) is 5.14. The number of hydrogen-bond donors (Lipinski definition) is 3. The molecule has 1 aromatic heterocycles. The number of carbonyl (C=O) groups excluding carboxylic acids is 4.